The van der Waals surface area contributed by atoms with Gasteiger partial charge in [-0.3, -0.25) is 0 Å². The van der Waals surface area contributed by atoms with Gasteiger partial charge in [0.15, 0.2) is 0 Å². The van der Waals surface area contributed by atoms with E-state index in [0.717, 1.165) is 43.6 Å². The number of unbranched alkanes of at least 4 members (excludes halogenated alkanes) is 1. The van der Waals surface area contributed by atoms with Crippen LogP contribution in [-0.4, -0.2) is 54.1 Å². The van der Waals surface area contributed by atoms with Crippen molar-refractivity contribution in [3.63, 3.8) is 0 Å². The van der Waals surface area contributed by atoms with Crippen LogP contribution in [0.3, 0.4) is 0 Å². The summed E-state index contributed by atoms with van der Waals surface area (Å²) in [5, 5.41) is 3.02. The number of ether oxygens (including phenoxy) is 1. The monoisotopic (exact) mass is 443 g/mol. The fraction of sp³-hybridized carbons (Fsp3) is 0.750. The maximum Gasteiger partial charge on any atom is 0.496 e. The smallest absolute Gasteiger partial charge is 0.444 e. The molecule has 8 heteroatoms. The van der Waals surface area contributed by atoms with Gasteiger partial charge in [0.2, 0.25) is 0 Å². The van der Waals surface area contributed by atoms with Gasteiger partial charge in [-0.05, 0) is 54.0 Å². The standard InChI is InChI=1S/C24H38BN3O4/c1-8-9-12-24(7)23(5,6)31-25(32-24)16-10-11-19(26-13-16)28-14-17-18(15-28)20(17)27-21(29)30-22(2,3)4/h10-11,13,17-18,20H,8-9,12,14-15H2,1-7H3,(H,27,29)/t17-,18?,20-,24?/m0/s1. The number of aromatic nitrogens is 1. The fourth-order valence-corrected chi connectivity index (χ4v) is 4.90. The molecule has 7 nitrogen and oxygen atoms in total. The van der Waals surface area contributed by atoms with E-state index in [1.54, 1.807) is 0 Å². The lowest BCUT2D eigenvalue weighted by Crippen LogP contribution is -2.44. The molecule has 2 aliphatic heterocycles. The third-order valence-corrected chi connectivity index (χ3v) is 7.29. The second-order valence-corrected chi connectivity index (χ2v) is 11.3. The molecule has 1 aromatic rings. The van der Waals surface area contributed by atoms with Crippen molar-refractivity contribution >= 4 is 24.5 Å². The summed E-state index contributed by atoms with van der Waals surface area (Å²) >= 11 is 0. The van der Waals surface area contributed by atoms with Crippen LogP contribution in [0.1, 0.15) is 67.7 Å². The third kappa shape index (κ3) is 4.62. The van der Waals surface area contributed by atoms with Gasteiger partial charge >= 0.3 is 13.2 Å². The SMILES string of the molecule is CCCCC1(C)OB(c2ccc(N3CC4[C@@H](NC(=O)OC(C)(C)C)[C@H]4C3)nc2)OC1(C)C. The number of alkyl carbamates (subject to hydrolysis) is 1. The number of nitrogens with zero attached hydrogens (tertiary/aromatic N) is 2. The normalized spacial score (nSPS) is 30.9. The third-order valence-electron chi connectivity index (χ3n) is 7.29. The second kappa shape index (κ2) is 8.21. The van der Waals surface area contributed by atoms with Crippen molar-refractivity contribution in [1.29, 1.82) is 0 Å². The van der Waals surface area contributed by atoms with E-state index in [9.17, 15) is 4.79 Å². The maximum absolute atomic E-state index is 12.0. The van der Waals surface area contributed by atoms with E-state index in [4.69, 9.17) is 19.0 Å². The van der Waals surface area contributed by atoms with Crippen molar-refractivity contribution in [3.8, 4) is 0 Å². The molecule has 3 aliphatic rings. The fourth-order valence-electron chi connectivity index (χ4n) is 4.90. The van der Waals surface area contributed by atoms with Gasteiger partial charge in [0.25, 0.3) is 0 Å². The lowest BCUT2D eigenvalue weighted by molar-refractivity contribution is -0.0169. The van der Waals surface area contributed by atoms with Crippen LogP contribution in [0.25, 0.3) is 0 Å². The summed E-state index contributed by atoms with van der Waals surface area (Å²) in [6, 6.07) is 4.33. The molecule has 4 atom stereocenters. The van der Waals surface area contributed by atoms with Crippen molar-refractivity contribution in [2.75, 3.05) is 18.0 Å². The lowest BCUT2D eigenvalue weighted by Gasteiger charge is -2.36. The Morgan fingerprint density at radius 3 is 2.50 bits per heavy atom. The highest BCUT2D eigenvalue weighted by molar-refractivity contribution is 6.62. The first-order valence-electron chi connectivity index (χ1n) is 12.0. The molecular weight excluding hydrogens is 405 g/mol. The average Bonchev–Trinajstić information content (AvgIpc) is 3.04. The number of pyridine rings is 1. The molecule has 1 aromatic heterocycles. The molecule has 176 valence electrons. The van der Waals surface area contributed by atoms with Gasteiger partial charge in [-0.25, -0.2) is 9.78 Å². The minimum Gasteiger partial charge on any atom is -0.444 e. The number of anilines is 1. The summed E-state index contributed by atoms with van der Waals surface area (Å²) in [7, 11) is -0.386. The highest BCUT2D eigenvalue weighted by Crippen LogP contribution is 2.46. The van der Waals surface area contributed by atoms with Crippen LogP contribution in [0.4, 0.5) is 10.6 Å². The summed E-state index contributed by atoms with van der Waals surface area (Å²) in [6.45, 7) is 16.0. The number of fused-ring (bicyclic) bond motifs is 1. The molecular formula is C24H38BN3O4. The van der Waals surface area contributed by atoms with E-state index in [0.29, 0.717) is 11.8 Å². The molecule has 1 saturated carbocycles. The Bertz CT molecular complexity index is 829. The number of nitrogens with one attached hydrogen (secondary N) is 1. The zero-order valence-corrected chi connectivity index (χ0v) is 20.6. The summed E-state index contributed by atoms with van der Waals surface area (Å²) in [5.41, 5.74) is -0.173. The quantitative estimate of drug-likeness (QED) is 0.679. The van der Waals surface area contributed by atoms with Gasteiger partial charge in [0, 0.05) is 42.6 Å². The number of hydrogen-bond donors (Lipinski definition) is 1. The van der Waals surface area contributed by atoms with Crippen molar-refractivity contribution < 1.29 is 18.8 Å². The number of amides is 1. The van der Waals surface area contributed by atoms with E-state index < -0.39 is 5.60 Å². The van der Waals surface area contributed by atoms with Crippen molar-refractivity contribution in [1.82, 2.24) is 10.3 Å². The first kappa shape index (κ1) is 23.4. The Kier molecular flexibility index (Phi) is 5.99. The van der Waals surface area contributed by atoms with Crippen LogP contribution < -0.4 is 15.7 Å². The van der Waals surface area contributed by atoms with Crippen molar-refractivity contribution in [3.05, 3.63) is 18.3 Å². The summed E-state index contributed by atoms with van der Waals surface area (Å²) < 4.78 is 18.1. The van der Waals surface area contributed by atoms with E-state index in [2.05, 4.69) is 50.0 Å². The molecule has 1 amide bonds. The summed E-state index contributed by atoms with van der Waals surface area (Å²) in [6.07, 6.45) is 4.79. The molecule has 3 heterocycles. The van der Waals surface area contributed by atoms with Crippen LogP contribution in [0.5, 0.6) is 0 Å². The van der Waals surface area contributed by atoms with Gasteiger partial charge in [0.1, 0.15) is 11.4 Å². The minimum absolute atomic E-state index is 0.212. The topological polar surface area (TPSA) is 72.9 Å². The number of hydrogen-bond acceptors (Lipinski definition) is 6. The molecule has 32 heavy (non-hydrogen) atoms. The van der Waals surface area contributed by atoms with Gasteiger partial charge in [-0.2, -0.15) is 0 Å². The molecule has 4 rings (SSSR count). The van der Waals surface area contributed by atoms with Gasteiger partial charge < -0.3 is 24.3 Å². The van der Waals surface area contributed by atoms with E-state index in [1.165, 1.54) is 0 Å². The Labute approximate surface area is 192 Å². The lowest BCUT2D eigenvalue weighted by atomic mass is 9.80. The number of carbonyl (C=O) groups is 1. The van der Waals surface area contributed by atoms with Crippen LogP contribution >= 0.6 is 0 Å². The van der Waals surface area contributed by atoms with Gasteiger partial charge in [-0.15, -0.1) is 0 Å². The predicted molar refractivity (Wildman–Crippen MR) is 126 cm³/mol. The Morgan fingerprint density at radius 1 is 1.25 bits per heavy atom. The Morgan fingerprint density at radius 2 is 1.94 bits per heavy atom. The molecule has 2 unspecified atom stereocenters. The predicted octanol–water partition coefficient (Wildman–Crippen LogP) is 3.51. The Balaban J connectivity index is 1.31. The number of rotatable bonds is 6. The zero-order chi connectivity index (χ0) is 23.3. The van der Waals surface area contributed by atoms with E-state index in [-0.39, 0.29) is 30.5 Å². The van der Waals surface area contributed by atoms with E-state index >= 15 is 0 Å². The minimum atomic E-state index is -0.471. The highest BCUT2D eigenvalue weighted by Gasteiger charge is 2.57. The van der Waals surface area contributed by atoms with Crippen LogP contribution in [0, 0.1) is 11.8 Å². The molecule has 2 saturated heterocycles. The summed E-state index contributed by atoms with van der Waals surface area (Å²) in [4.78, 5) is 19.0. The number of carbonyl (C=O) groups excluding carboxylic acids is 1. The molecule has 3 fully saturated rings. The molecule has 0 radical (unpaired) electrons. The zero-order valence-electron chi connectivity index (χ0n) is 20.6. The summed E-state index contributed by atoms with van der Waals surface area (Å²) in [5.74, 6) is 1.89. The number of piperidine rings is 1. The van der Waals surface area contributed by atoms with Crippen molar-refractivity contribution in [2.45, 2.75) is 90.6 Å². The maximum atomic E-state index is 12.0. The van der Waals surface area contributed by atoms with Crippen LogP contribution in [0.15, 0.2) is 18.3 Å². The molecule has 0 spiro atoms. The van der Waals surface area contributed by atoms with Crippen molar-refractivity contribution in [2.24, 2.45) is 11.8 Å². The van der Waals surface area contributed by atoms with Crippen LogP contribution in [0.2, 0.25) is 0 Å². The molecule has 1 aliphatic carbocycles. The molecule has 1 N–H and O–H groups in total. The van der Waals surface area contributed by atoms with Crippen LogP contribution in [-0.2, 0) is 14.0 Å². The Hall–Kier alpha value is -1.80. The van der Waals surface area contributed by atoms with Gasteiger partial charge in [0.05, 0.1) is 11.2 Å². The highest BCUT2D eigenvalue weighted by atomic mass is 16.7. The first-order chi connectivity index (χ1) is 14.9. The second-order valence-electron chi connectivity index (χ2n) is 11.3. The average molecular weight is 443 g/mol. The largest absolute Gasteiger partial charge is 0.496 e. The van der Waals surface area contributed by atoms with E-state index in [1.807, 2.05) is 27.0 Å². The van der Waals surface area contributed by atoms with Gasteiger partial charge in [-0.1, -0.05) is 25.8 Å². The molecule has 0 aromatic carbocycles. The molecule has 0 bridgehead atoms. The first-order valence-corrected chi connectivity index (χ1v) is 12.0.